The molecule has 0 unspecified atom stereocenters. The molecule has 1 aliphatic carbocycles. The number of nitrogens with one attached hydrogen (secondary N) is 1. The summed E-state index contributed by atoms with van der Waals surface area (Å²) in [6.45, 7) is 1.80. The van der Waals surface area contributed by atoms with Gasteiger partial charge in [0.15, 0.2) is 0 Å². The van der Waals surface area contributed by atoms with Gasteiger partial charge in [0.05, 0.1) is 0 Å². The summed E-state index contributed by atoms with van der Waals surface area (Å²) in [6, 6.07) is 7.28. The number of ether oxygens (including phenoxy) is 1. The van der Waals surface area contributed by atoms with Crippen LogP contribution in [0.5, 0.6) is 5.75 Å². The van der Waals surface area contributed by atoms with Crippen LogP contribution >= 0.6 is 0 Å². The molecule has 0 radical (unpaired) electrons. The van der Waals surface area contributed by atoms with Crippen molar-refractivity contribution in [1.82, 2.24) is 5.32 Å². The van der Waals surface area contributed by atoms with Gasteiger partial charge in [-0.15, -0.1) is 0 Å². The van der Waals surface area contributed by atoms with E-state index in [2.05, 4.69) is 5.32 Å². The Kier molecular flexibility index (Phi) is 3.42. The smallest absolute Gasteiger partial charge is 0.330 e. The van der Waals surface area contributed by atoms with Crippen molar-refractivity contribution >= 4 is 11.9 Å². The van der Waals surface area contributed by atoms with E-state index in [0.29, 0.717) is 5.75 Å². The predicted molar refractivity (Wildman–Crippen MR) is 62.5 cm³/mol. The van der Waals surface area contributed by atoms with Crippen molar-refractivity contribution in [3.63, 3.8) is 0 Å². The first-order valence-corrected chi connectivity index (χ1v) is 5.71. The lowest BCUT2D eigenvalue weighted by molar-refractivity contribution is -0.135. The number of carbonyl (C=O) groups excluding carboxylic acids is 2. The molecule has 1 amide bonds. The molecule has 17 heavy (non-hydrogen) atoms. The number of esters is 1. The zero-order chi connectivity index (χ0) is 12.3. The fraction of sp³-hybridized carbons (Fsp3) is 0.385. The average molecular weight is 233 g/mol. The number of carbonyl (C=O) groups is 2. The summed E-state index contributed by atoms with van der Waals surface area (Å²) in [5.74, 6) is 0.166. The number of hydrogen-bond donors (Lipinski definition) is 1. The molecule has 1 aromatic rings. The van der Waals surface area contributed by atoms with E-state index in [1.807, 2.05) is 19.1 Å². The second-order valence-electron chi connectivity index (χ2n) is 4.23. The lowest BCUT2D eigenvalue weighted by Crippen LogP contribution is -2.32. The van der Waals surface area contributed by atoms with Crippen LogP contribution in [-0.4, -0.2) is 18.4 Å². The van der Waals surface area contributed by atoms with E-state index in [1.165, 1.54) is 0 Å². The van der Waals surface area contributed by atoms with Crippen LogP contribution in [0.1, 0.15) is 18.4 Å². The zero-order valence-electron chi connectivity index (χ0n) is 9.73. The second-order valence-corrected chi connectivity index (χ2v) is 4.23. The van der Waals surface area contributed by atoms with E-state index in [9.17, 15) is 9.59 Å². The van der Waals surface area contributed by atoms with E-state index in [4.69, 9.17) is 4.74 Å². The molecule has 0 atom stereocenters. The summed E-state index contributed by atoms with van der Waals surface area (Å²) in [7, 11) is 0. The highest BCUT2D eigenvalue weighted by Gasteiger charge is 2.29. The first-order chi connectivity index (χ1) is 8.16. The highest BCUT2D eigenvalue weighted by Crippen LogP contribution is 2.28. The first-order valence-electron chi connectivity index (χ1n) is 5.71. The molecule has 0 aliphatic heterocycles. The zero-order valence-corrected chi connectivity index (χ0v) is 9.73. The lowest BCUT2D eigenvalue weighted by atomic mass is 10.2. The van der Waals surface area contributed by atoms with Crippen molar-refractivity contribution in [2.45, 2.75) is 19.8 Å². The number of para-hydroxylation sites is 1. The SMILES string of the molecule is Cc1ccccc1OC(=O)CNC(=O)C1CC1. The third-order valence-corrected chi connectivity index (χ3v) is 2.67. The van der Waals surface area contributed by atoms with Crippen LogP contribution in [0.2, 0.25) is 0 Å². The Balaban J connectivity index is 1.80. The number of hydrogen-bond acceptors (Lipinski definition) is 3. The number of aryl methyl sites for hydroxylation is 1. The Labute approximate surface area is 100.0 Å². The minimum absolute atomic E-state index is 0.0493. The van der Waals surface area contributed by atoms with Crippen molar-refractivity contribution in [3.8, 4) is 5.75 Å². The van der Waals surface area contributed by atoms with E-state index in [0.717, 1.165) is 18.4 Å². The van der Waals surface area contributed by atoms with Crippen LogP contribution in [-0.2, 0) is 9.59 Å². The van der Waals surface area contributed by atoms with Crippen LogP contribution < -0.4 is 10.1 Å². The van der Waals surface area contributed by atoms with Gasteiger partial charge in [-0.2, -0.15) is 0 Å². The van der Waals surface area contributed by atoms with Gasteiger partial charge in [-0.1, -0.05) is 18.2 Å². The quantitative estimate of drug-likeness (QED) is 0.632. The number of rotatable bonds is 4. The molecule has 4 nitrogen and oxygen atoms in total. The molecule has 1 saturated carbocycles. The molecule has 0 heterocycles. The Hall–Kier alpha value is -1.84. The van der Waals surface area contributed by atoms with Crippen molar-refractivity contribution < 1.29 is 14.3 Å². The van der Waals surface area contributed by atoms with Crippen LogP contribution in [0.15, 0.2) is 24.3 Å². The van der Waals surface area contributed by atoms with Crippen LogP contribution in [0.3, 0.4) is 0 Å². The third kappa shape index (κ3) is 3.31. The molecule has 0 spiro atoms. The number of benzene rings is 1. The highest BCUT2D eigenvalue weighted by atomic mass is 16.5. The molecule has 1 aromatic carbocycles. The average Bonchev–Trinajstić information content (AvgIpc) is 3.13. The van der Waals surface area contributed by atoms with E-state index < -0.39 is 5.97 Å². The Morgan fingerprint density at radius 1 is 1.35 bits per heavy atom. The summed E-state index contributed by atoms with van der Waals surface area (Å²) < 4.78 is 5.14. The Bertz CT molecular complexity index is 438. The fourth-order valence-corrected chi connectivity index (χ4v) is 1.48. The Morgan fingerprint density at radius 2 is 2.06 bits per heavy atom. The van der Waals surface area contributed by atoms with E-state index >= 15 is 0 Å². The van der Waals surface area contributed by atoms with Gasteiger partial charge in [-0.3, -0.25) is 4.79 Å². The minimum Gasteiger partial charge on any atom is -0.425 e. The van der Waals surface area contributed by atoms with Gasteiger partial charge in [-0.25, -0.2) is 4.79 Å². The van der Waals surface area contributed by atoms with Gasteiger partial charge in [0.25, 0.3) is 0 Å². The second kappa shape index (κ2) is 4.99. The van der Waals surface area contributed by atoms with Gasteiger partial charge in [0.2, 0.25) is 5.91 Å². The van der Waals surface area contributed by atoms with Crippen molar-refractivity contribution in [2.75, 3.05) is 6.54 Å². The standard InChI is InChI=1S/C13H15NO3/c1-9-4-2-3-5-11(9)17-12(15)8-14-13(16)10-6-7-10/h2-5,10H,6-8H2,1H3,(H,14,16). The molecule has 0 bridgehead atoms. The maximum absolute atomic E-state index is 11.5. The molecule has 1 aliphatic rings. The van der Waals surface area contributed by atoms with E-state index in [-0.39, 0.29) is 18.4 Å². The van der Waals surface area contributed by atoms with Crippen molar-refractivity contribution in [3.05, 3.63) is 29.8 Å². The van der Waals surface area contributed by atoms with Gasteiger partial charge < -0.3 is 10.1 Å². The summed E-state index contributed by atoms with van der Waals surface area (Å²) in [5, 5.41) is 2.57. The summed E-state index contributed by atoms with van der Waals surface area (Å²) in [6.07, 6.45) is 1.86. The maximum Gasteiger partial charge on any atom is 0.330 e. The van der Waals surface area contributed by atoms with Crippen molar-refractivity contribution in [1.29, 1.82) is 0 Å². The van der Waals surface area contributed by atoms with Crippen LogP contribution in [0.25, 0.3) is 0 Å². The van der Waals surface area contributed by atoms with Gasteiger partial charge >= 0.3 is 5.97 Å². The molecule has 0 aromatic heterocycles. The highest BCUT2D eigenvalue weighted by molar-refractivity contribution is 5.85. The normalized spacial score (nSPS) is 14.2. The maximum atomic E-state index is 11.5. The van der Waals surface area contributed by atoms with E-state index in [1.54, 1.807) is 12.1 Å². The molecule has 2 rings (SSSR count). The van der Waals surface area contributed by atoms with Crippen LogP contribution in [0, 0.1) is 12.8 Å². The first kappa shape index (κ1) is 11.6. The summed E-state index contributed by atoms with van der Waals surface area (Å²) in [4.78, 5) is 22.8. The molecular weight excluding hydrogens is 218 g/mol. The predicted octanol–water partition coefficient (Wildman–Crippen LogP) is 1.43. The lowest BCUT2D eigenvalue weighted by Gasteiger charge is -2.07. The molecule has 4 heteroatoms. The number of amides is 1. The molecule has 90 valence electrons. The Morgan fingerprint density at radius 3 is 2.71 bits per heavy atom. The third-order valence-electron chi connectivity index (χ3n) is 2.67. The van der Waals surface area contributed by atoms with Gasteiger partial charge in [0.1, 0.15) is 12.3 Å². The summed E-state index contributed by atoms with van der Waals surface area (Å²) in [5.41, 5.74) is 0.898. The molecule has 1 N–H and O–H groups in total. The molecular formula is C13H15NO3. The molecule has 1 fully saturated rings. The molecule has 0 saturated heterocycles. The largest absolute Gasteiger partial charge is 0.425 e. The minimum atomic E-state index is -0.437. The topological polar surface area (TPSA) is 55.4 Å². The monoisotopic (exact) mass is 233 g/mol. The fourth-order valence-electron chi connectivity index (χ4n) is 1.48. The van der Waals surface area contributed by atoms with Gasteiger partial charge in [-0.05, 0) is 31.4 Å². The van der Waals surface area contributed by atoms with Crippen molar-refractivity contribution in [2.24, 2.45) is 5.92 Å². The van der Waals surface area contributed by atoms with Gasteiger partial charge in [0, 0.05) is 5.92 Å². The van der Waals surface area contributed by atoms with Crippen LogP contribution in [0.4, 0.5) is 0 Å². The summed E-state index contributed by atoms with van der Waals surface area (Å²) >= 11 is 0.